The van der Waals surface area contributed by atoms with Crippen molar-refractivity contribution in [1.82, 2.24) is 20.4 Å². The smallest absolute Gasteiger partial charge is 0.191 e. The second-order valence-corrected chi connectivity index (χ2v) is 7.20. The van der Waals surface area contributed by atoms with Crippen molar-refractivity contribution in [2.45, 2.75) is 52.2 Å². The molecular weight excluding hydrogens is 322 g/mol. The maximum Gasteiger partial charge on any atom is 0.191 e. The van der Waals surface area contributed by atoms with Crippen LogP contribution in [0.4, 0.5) is 0 Å². The van der Waals surface area contributed by atoms with Crippen LogP contribution < -0.4 is 10.6 Å². The van der Waals surface area contributed by atoms with Crippen LogP contribution in [0.3, 0.4) is 0 Å². The summed E-state index contributed by atoms with van der Waals surface area (Å²) in [5.41, 5.74) is 1.40. The molecule has 1 saturated heterocycles. The highest BCUT2D eigenvalue weighted by Crippen LogP contribution is 2.19. The molecule has 0 bridgehead atoms. The summed E-state index contributed by atoms with van der Waals surface area (Å²) in [6, 6.07) is 11.9. The SMILES string of the molecule is CCN(CC)CCNC(=NC)NC1CCN(Cc2ccccc2)C(C)C1. The van der Waals surface area contributed by atoms with Gasteiger partial charge in [-0.15, -0.1) is 0 Å². The first-order valence-electron chi connectivity index (χ1n) is 10.1. The van der Waals surface area contributed by atoms with Gasteiger partial charge in [0.25, 0.3) is 0 Å². The molecule has 0 saturated carbocycles. The summed E-state index contributed by atoms with van der Waals surface area (Å²) >= 11 is 0. The van der Waals surface area contributed by atoms with Crippen LogP contribution >= 0.6 is 0 Å². The maximum atomic E-state index is 4.40. The van der Waals surface area contributed by atoms with Gasteiger partial charge in [-0.2, -0.15) is 0 Å². The van der Waals surface area contributed by atoms with Crippen molar-refractivity contribution in [1.29, 1.82) is 0 Å². The van der Waals surface area contributed by atoms with Gasteiger partial charge in [0.05, 0.1) is 0 Å². The minimum atomic E-state index is 0.497. The Labute approximate surface area is 159 Å². The Morgan fingerprint density at radius 2 is 1.96 bits per heavy atom. The molecule has 0 radical (unpaired) electrons. The number of benzene rings is 1. The minimum absolute atomic E-state index is 0.497. The van der Waals surface area contributed by atoms with E-state index in [9.17, 15) is 0 Å². The van der Waals surface area contributed by atoms with E-state index in [0.29, 0.717) is 12.1 Å². The van der Waals surface area contributed by atoms with E-state index in [1.807, 2.05) is 7.05 Å². The molecule has 1 aliphatic rings. The lowest BCUT2D eigenvalue weighted by Gasteiger charge is -2.38. The molecule has 2 rings (SSSR count). The van der Waals surface area contributed by atoms with Gasteiger partial charge in [0.2, 0.25) is 0 Å². The van der Waals surface area contributed by atoms with Crippen molar-refractivity contribution >= 4 is 5.96 Å². The summed E-state index contributed by atoms with van der Waals surface area (Å²) in [4.78, 5) is 9.41. The van der Waals surface area contributed by atoms with E-state index < -0.39 is 0 Å². The van der Waals surface area contributed by atoms with Crippen molar-refractivity contribution in [3.63, 3.8) is 0 Å². The Kier molecular flexibility index (Phi) is 8.92. The number of hydrogen-bond acceptors (Lipinski definition) is 3. The van der Waals surface area contributed by atoms with Gasteiger partial charge < -0.3 is 15.5 Å². The van der Waals surface area contributed by atoms with Crippen LogP contribution in [0.1, 0.15) is 39.2 Å². The standard InChI is InChI=1S/C21H37N5/c1-5-25(6-2)15-13-23-21(22-4)24-20-12-14-26(18(3)16-20)17-19-10-8-7-9-11-19/h7-11,18,20H,5-6,12-17H2,1-4H3,(H2,22,23,24). The first-order chi connectivity index (χ1) is 12.7. The second kappa shape index (κ2) is 11.2. The first-order valence-corrected chi connectivity index (χ1v) is 10.1. The zero-order valence-corrected chi connectivity index (χ0v) is 17.0. The van der Waals surface area contributed by atoms with Gasteiger partial charge in [-0.05, 0) is 38.4 Å². The number of guanidine groups is 1. The number of nitrogens with one attached hydrogen (secondary N) is 2. The summed E-state index contributed by atoms with van der Waals surface area (Å²) in [5.74, 6) is 0.936. The van der Waals surface area contributed by atoms with Gasteiger partial charge in [-0.3, -0.25) is 9.89 Å². The third-order valence-electron chi connectivity index (χ3n) is 5.42. The van der Waals surface area contributed by atoms with Crippen LogP contribution in [0.15, 0.2) is 35.3 Å². The molecule has 1 heterocycles. The Morgan fingerprint density at radius 1 is 1.23 bits per heavy atom. The van der Waals surface area contributed by atoms with E-state index in [1.165, 1.54) is 5.56 Å². The average Bonchev–Trinajstić information content (AvgIpc) is 2.67. The second-order valence-electron chi connectivity index (χ2n) is 7.20. The highest BCUT2D eigenvalue weighted by Gasteiger charge is 2.25. The van der Waals surface area contributed by atoms with E-state index in [2.05, 4.69) is 76.5 Å². The van der Waals surface area contributed by atoms with Crippen molar-refractivity contribution < 1.29 is 0 Å². The van der Waals surface area contributed by atoms with Crippen molar-refractivity contribution in [2.75, 3.05) is 39.8 Å². The van der Waals surface area contributed by atoms with Crippen molar-refractivity contribution in [3.05, 3.63) is 35.9 Å². The number of piperidine rings is 1. The molecule has 0 spiro atoms. The minimum Gasteiger partial charge on any atom is -0.355 e. The fourth-order valence-corrected chi connectivity index (χ4v) is 3.66. The number of likely N-dealkylation sites (N-methyl/N-ethyl adjacent to an activating group) is 1. The third-order valence-corrected chi connectivity index (χ3v) is 5.42. The molecule has 0 aromatic heterocycles. The molecule has 146 valence electrons. The zero-order valence-electron chi connectivity index (χ0n) is 17.0. The quantitative estimate of drug-likeness (QED) is 0.553. The number of aliphatic imine (C=N–C) groups is 1. The first kappa shape index (κ1) is 20.7. The van der Waals surface area contributed by atoms with E-state index in [1.54, 1.807) is 0 Å². The molecule has 1 fully saturated rings. The van der Waals surface area contributed by atoms with Gasteiger partial charge in [0, 0.05) is 45.3 Å². The largest absolute Gasteiger partial charge is 0.355 e. The molecule has 5 nitrogen and oxygen atoms in total. The number of hydrogen-bond donors (Lipinski definition) is 2. The molecule has 2 N–H and O–H groups in total. The molecule has 26 heavy (non-hydrogen) atoms. The predicted molar refractivity (Wildman–Crippen MR) is 112 cm³/mol. The van der Waals surface area contributed by atoms with Crippen LogP contribution in [0.5, 0.6) is 0 Å². The Morgan fingerprint density at radius 3 is 2.58 bits per heavy atom. The summed E-state index contributed by atoms with van der Waals surface area (Å²) in [7, 11) is 1.86. The summed E-state index contributed by atoms with van der Waals surface area (Å²) < 4.78 is 0. The van der Waals surface area contributed by atoms with Crippen LogP contribution in [-0.4, -0.2) is 67.6 Å². The van der Waals surface area contributed by atoms with Gasteiger partial charge in [-0.25, -0.2) is 0 Å². The number of rotatable bonds is 8. The number of nitrogens with zero attached hydrogens (tertiary/aromatic N) is 3. The highest BCUT2D eigenvalue weighted by atomic mass is 15.2. The van der Waals surface area contributed by atoms with Crippen molar-refractivity contribution in [3.8, 4) is 0 Å². The van der Waals surface area contributed by atoms with Crippen LogP contribution in [0, 0.1) is 0 Å². The topological polar surface area (TPSA) is 42.9 Å². The molecule has 1 aromatic carbocycles. The maximum absolute atomic E-state index is 4.40. The lowest BCUT2D eigenvalue weighted by Crippen LogP contribution is -2.52. The average molecular weight is 360 g/mol. The monoisotopic (exact) mass is 359 g/mol. The molecule has 1 aromatic rings. The molecule has 1 aliphatic heterocycles. The zero-order chi connectivity index (χ0) is 18.8. The lowest BCUT2D eigenvalue weighted by molar-refractivity contribution is 0.134. The van der Waals surface area contributed by atoms with E-state index >= 15 is 0 Å². The van der Waals surface area contributed by atoms with E-state index in [-0.39, 0.29) is 0 Å². The third kappa shape index (κ3) is 6.61. The highest BCUT2D eigenvalue weighted by molar-refractivity contribution is 5.79. The predicted octanol–water partition coefficient (Wildman–Crippen LogP) is 2.55. The van der Waals surface area contributed by atoms with Crippen LogP contribution in [-0.2, 0) is 6.54 Å². The van der Waals surface area contributed by atoms with Crippen LogP contribution in [0.2, 0.25) is 0 Å². The van der Waals surface area contributed by atoms with E-state index in [4.69, 9.17) is 0 Å². The van der Waals surface area contributed by atoms with Gasteiger partial charge in [0.15, 0.2) is 5.96 Å². The van der Waals surface area contributed by atoms with E-state index in [0.717, 1.165) is 58.1 Å². The molecule has 2 atom stereocenters. The Balaban J connectivity index is 1.75. The Hall–Kier alpha value is -1.59. The fraction of sp³-hybridized carbons (Fsp3) is 0.667. The molecule has 2 unspecified atom stereocenters. The number of likely N-dealkylation sites (tertiary alicyclic amines) is 1. The lowest BCUT2D eigenvalue weighted by atomic mass is 9.97. The molecule has 0 aliphatic carbocycles. The van der Waals surface area contributed by atoms with Gasteiger partial charge in [0.1, 0.15) is 0 Å². The molecule has 5 heteroatoms. The van der Waals surface area contributed by atoms with Crippen molar-refractivity contribution in [2.24, 2.45) is 4.99 Å². The molecule has 0 amide bonds. The summed E-state index contributed by atoms with van der Waals surface area (Å²) in [5, 5.41) is 7.09. The normalized spacial score (nSPS) is 21.8. The molecular formula is C21H37N5. The van der Waals surface area contributed by atoms with Gasteiger partial charge in [-0.1, -0.05) is 44.2 Å². The van der Waals surface area contributed by atoms with Crippen LogP contribution in [0.25, 0.3) is 0 Å². The van der Waals surface area contributed by atoms with Gasteiger partial charge >= 0.3 is 0 Å². The summed E-state index contributed by atoms with van der Waals surface area (Å²) in [6.07, 6.45) is 2.32. The fourth-order valence-electron chi connectivity index (χ4n) is 3.66. The summed E-state index contributed by atoms with van der Waals surface area (Å²) in [6.45, 7) is 13.1. The Bertz CT molecular complexity index is 526.